The maximum atomic E-state index is 12.4. The molecule has 8 heteroatoms. The van der Waals surface area contributed by atoms with E-state index >= 15 is 0 Å². The Morgan fingerprint density at radius 3 is 2.39 bits per heavy atom. The normalized spacial score (nSPS) is 12.4. The SMILES string of the molecule is Cc1cc2c(cc1-c1cncn1CC(c1ccccc1Cl)N(C)C)n(C)c(=O)n2C.Cl. The Labute approximate surface area is 193 Å². The average molecular weight is 460 g/mol. The third-order valence-electron chi connectivity index (χ3n) is 5.86. The van der Waals surface area contributed by atoms with Gasteiger partial charge in [0.2, 0.25) is 0 Å². The fourth-order valence-electron chi connectivity index (χ4n) is 4.09. The second-order valence-corrected chi connectivity index (χ2v) is 8.40. The number of hydrogen-bond donors (Lipinski definition) is 0. The van der Waals surface area contributed by atoms with Gasteiger partial charge in [-0.1, -0.05) is 29.8 Å². The van der Waals surface area contributed by atoms with Gasteiger partial charge in [-0.15, -0.1) is 12.4 Å². The van der Waals surface area contributed by atoms with Crippen molar-refractivity contribution in [2.75, 3.05) is 14.1 Å². The molecule has 0 aliphatic carbocycles. The van der Waals surface area contributed by atoms with Crippen molar-refractivity contribution in [2.24, 2.45) is 14.1 Å². The van der Waals surface area contributed by atoms with Gasteiger partial charge in [0.05, 0.1) is 35.3 Å². The number of nitrogens with zero attached hydrogens (tertiary/aromatic N) is 5. The number of aryl methyl sites for hydroxylation is 3. The number of fused-ring (bicyclic) bond motifs is 1. The second kappa shape index (κ2) is 8.91. The van der Waals surface area contributed by atoms with E-state index in [2.05, 4.69) is 53.7 Å². The largest absolute Gasteiger partial charge is 0.329 e. The summed E-state index contributed by atoms with van der Waals surface area (Å²) in [7, 11) is 7.73. The summed E-state index contributed by atoms with van der Waals surface area (Å²) in [4.78, 5) is 19.0. The minimum atomic E-state index is -0.0264. The minimum Gasteiger partial charge on any atom is -0.329 e. The molecule has 1 atom stereocenters. The predicted octanol–water partition coefficient (Wildman–Crippen LogP) is 4.43. The lowest BCUT2D eigenvalue weighted by molar-refractivity contribution is 0.269. The average Bonchev–Trinajstić information content (AvgIpc) is 3.25. The van der Waals surface area contributed by atoms with Gasteiger partial charge < -0.3 is 9.47 Å². The molecule has 0 aliphatic rings. The van der Waals surface area contributed by atoms with Crippen molar-refractivity contribution in [1.82, 2.24) is 23.6 Å². The zero-order valence-electron chi connectivity index (χ0n) is 18.3. The van der Waals surface area contributed by atoms with Gasteiger partial charge in [-0.2, -0.15) is 0 Å². The molecule has 0 N–H and O–H groups in total. The van der Waals surface area contributed by atoms with E-state index in [4.69, 9.17) is 11.6 Å². The monoisotopic (exact) mass is 459 g/mol. The summed E-state index contributed by atoms with van der Waals surface area (Å²) in [5.74, 6) is 0. The number of benzene rings is 2. The Balaban J connectivity index is 0.00000272. The fraction of sp³-hybridized carbons (Fsp3) is 0.304. The van der Waals surface area contributed by atoms with Crippen LogP contribution in [-0.4, -0.2) is 37.7 Å². The molecule has 2 aromatic carbocycles. The molecule has 1 unspecified atom stereocenters. The van der Waals surface area contributed by atoms with Gasteiger partial charge in [0.1, 0.15) is 0 Å². The van der Waals surface area contributed by atoms with Crippen molar-refractivity contribution in [3.63, 3.8) is 0 Å². The molecule has 0 bridgehead atoms. The number of likely N-dealkylation sites (N-methyl/N-ethyl adjacent to an activating group) is 1. The lowest BCUT2D eigenvalue weighted by atomic mass is 10.0. The highest BCUT2D eigenvalue weighted by Gasteiger charge is 2.20. The molecule has 0 saturated carbocycles. The molecular weight excluding hydrogens is 433 g/mol. The van der Waals surface area contributed by atoms with E-state index in [1.807, 2.05) is 30.7 Å². The second-order valence-electron chi connectivity index (χ2n) is 7.99. The summed E-state index contributed by atoms with van der Waals surface area (Å²) in [6.07, 6.45) is 3.74. The van der Waals surface area contributed by atoms with Crippen LogP contribution in [0.25, 0.3) is 22.3 Å². The van der Waals surface area contributed by atoms with E-state index in [-0.39, 0.29) is 24.1 Å². The molecule has 164 valence electrons. The predicted molar refractivity (Wildman–Crippen MR) is 129 cm³/mol. The van der Waals surface area contributed by atoms with Gasteiger partial charge in [0, 0.05) is 31.2 Å². The number of hydrogen-bond acceptors (Lipinski definition) is 3. The molecule has 2 heterocycles. The number of halogens is 2. The Hall–Kier alpha value is -2.54. The minimum absolute atomic E-state index is 0. The molecule has 2 aromatic heterocycles. The van der Waals surface area contributed by atoms with E-state index in [0.29, 0.717) is 6.54 Å². The molecule has 0 radical (unpaired) electrons. The number of aromatic nitrogens is 4. The first-order chi connectivity index (χ1) is 14.3. The summed E-state index contributed by atoms with van der Waals surface area (Å²) >= 11 is 6.50. The molecule has 0 aliphatic heterocycles. The van der Waals surface area contributed by atoms with Crippen molar-refractivity contribution in [3.05, 3.63) is 75.6 Å². The lowest BCUT2D eigenvalue weighted by Gasteiger charge is -2.27. The molecule has 31 heavy (non-hydrogen) atoms. The Kier molecular flexibility index (Phi) is 6.65. The summed E-state index contributed by atoms with van der Waals surface area (Å²) in [6.45, 7) is 2.78. The van der Waals surface area contributed by atoms with Crippen LogP contribution in [0.3, 0.4) is 0 Å². The quantitative estimate of drug-likeness (QED) is 0.443. The Morgan fingerprint density at radius 2 is 1.74 bits per heavy atom. The van der Waals surface area contributed by atoms with Crippen molar-refractivity contribution in [3.8, 4) is 11.3 Å². The first-order valence-electron chi connectivity index (χ1n) is 9.87. The molecule has 4 aromatic rings. The van der Waals surface area contributed by atoms with E-state index < -0.39 is 0 Å². The zero-order valence-corrected chi connectivity index (χ0v) is 19.9. The summed E-state index contributed by atoms with van der Waals surface area (Å²) in [5, 5.41) is 0.759. The van der Waals surface area contributed by atoms with Gasteiger partial charge in [-0.3, -0.25) is 9.13 Å². The topological polar surface area (TPSA) is 48.0 Å². The van der Waals surface area contributed by atoms with Crippen LogP contribution in [0.1, 0.15) is 17.2 Å². The first-order valence-corrected chi connectivity index (χ1v) is 10.2. The molecule has 0 fully saturated rings. The fourth-order valence-corrected chi connectivity index (χ4v) is 4.35. The highest BCUT2D eigenvalue weighted by Crippen LogP contribution is 2.31. The third-order valence-corrected chi connectivity index (χ3v) is 6.21. The summed E-state index contributed by atoms with van der Waals surface area (Å²) < 4.78 is 5.53. The molecule has 0 spiro atoms. The van der Waals surface area contributed by atoms with Crippen LogP contribution in [-0.2, 0) is 20.6 Å². The maximum absolute atomic E-state index is 12.4. The highest BCUT2D eigenvalue weighted by molar-refractivity contribution is 6.31. The van der Waals surface area contributed by atoms with Crippen LogP contribution >= 0.6 is 24.0 Å². The van der Waals surface area contributed by atoms with Crippen LogP contribution in [0.4, 0.5) is 0 Å². The number of imidazole rings is 2. The third kappa shape index (κ3) is 4.03. The maximum Gasteiger partial charge on any atom is 0.328 e. The van der Waals surface area contributed by atoms with Crippen LogP contribution in [0.15, 0.2) is 53.7 Å². The van der Waals surface area contributed by atoms with Crippen molar-refractivity contribution < 1.29 is 0 Å². The van der Waals surface area contributed by atoms with Crippen LogP contribution in [0.2, 0.25) is 5.02 Å². The molecular formula is C23H27Cl2N5O. The molecule has 0 saturated heterocycles. The Morgan fingerprint density at radius 1 is 1.10 bits per heavy atom. The standard InChI is InChI=1S/C23H26ClN5O.ClH/c1-15-10-19-20(28(5)23(30)27(19)4)11-17(15)21-12-25-14-29(21)13-22(26(2)3)16-8-6-7-9-18(16)24;/h6-12,14,22H,13H2,1-5H3;1H. The summed E-state index contributed by atoms with van der Waals surface area (Å²) in [5.41, 5.74) is 6.08. The van der Waals surface area contributed by atoms with E-state index in [1.165, 1.54) is 0 Å². The van der Waals surface area contributed by atoms with Gasteiger partial charge in [0.25, 0.3) is 0 Å². The molecule has 0 amide bonds. The van der Waals surface area contributed by atoms with E-state index in [1.54, 1.807) is 23.2 Å². The highest BCUT2D eigenvalue weighted by atomic mass is 35.5. The zero-order chi connectivity index (χ0) is 21.6. The van der Waals surface area contributed by atoms with Gasteiger partial charge in [-0.25, -0.2) is 9.78 Å². The smallest absolute Gasteiger partial charge is 0.328 e. The lowest BCUT2D eigenvalue weighted by Crippen LogP contribution is -2.25. The Bertz CT molecular complexity index is 1290. The van der Waals surface area contributed by atoms with Crippen molar-refractivity contribution in [2.45, 2.75) is 19.5 Å². The van der Waals surface area contributed by atoms with Crippen LogP contribution in [0.5, 0.6) is 0 Å². The van der Waals surface area contributed by atoms with Gasteiger partial charge in [-0.05, 0) is 50.3 Å². The summed E-state index contributed by atoms with van der Waals surface area (Å²) in [6, 6.07) is 12.2. The first kappa shape index (κ1) is 23.1. The van der Waals surface area contributed by atoms with Crippen molar-refractivity contribution in [1.29, 1.82) is 0 Å². The van der Waals surface area contributed by atoms with E-state index in [0.717, 1.165) is 38.4 Å². The van der Waals surface area contributed by atoms with Crippen LogP contribution in [0, 0.1) is 6.92 Å². The van der Waals surface area contributed by atoms with E-state index in [9.17, 15) is 4.79 Å². The van der Waals surface area contributed by atoms with Crippen LogP contribution < -0.4 is 5.69 Å². The molecule has 6 nitrogen and oxygen atoms in total. The van der Waals surface area contributed by atoms with Gasteiger partial charge >= 0.3 is 5.69 Å². The van der Waals surface area contributed by atoms with Gasteiger partial charge in [0.15, 0.2) is 0 Å². The molecule has 4 rings (SSSR count). The van der Waals surface area contributed by atoms with Crippen molar-refractivity contribution >= 4 is 35.0 Å². The number of rotatable bonds is 5.